The Kier molecular flexibility index (Phi) is 5.66. The summed E-state index contributed by atoms with van der Waals surface area (Å²) in [4.78, 5) is 27.7. The second-order valence-electron chi connectivity index (χ2n) is 6.08. The molecule has 150 valence electrons. The normalized spacial score (nSPS) is 14.8. The molecule has 0 saturated carbocycles. The Morgan fingerprint density at radius 3 is 2.29 bits per heavy atom. The maximum Gasteiger partial charge on any atom is 0.374 e. The number of benzene rings is 1. The molecule has 1 aromatic heterocycles. The summed E-state index contributed by atoms with van der Waals surface area (Å²) in [5, 5.41) is 4.33. The van der Waals surface area contributed by atoms with E-state index >= 15 is 0 Å². The van der Waals surface area contributed by atoms with Gasteiger partial charge in [-0.25, -0.2) is 22.7 Å². The van der Waals surface area contributed by atoms with Gasteiger partial charge in [0.2, 0.25) is 10.9 Å². The van der Waals surface area contributed by atoms with Gasteiger partial charge in [0.15, 0.2) is 6.61 Å². The molecule has 0 aliphatic carbocycles. The molecule has 11 heteroatoms. The number of sulfonamides is 1. The van der Waals surface area contributed by atoms with E-state index in [9.17, 15) is 22.4 Å². The highest BCUT2D eigenvalue weighted by Gasteiger charge is 2.24. The number of amides is 1. The first kappa shape index (κ1) is 19.8. The summed E-state index contributed by atoms with van der Waals surface area (Å²) < 4.78 is 45.0. The van der Waals surface area contributed by atoms with E-state index in [-0.39, 0.29) is 17.5 Å². The summed E-state index contributed by atoms with van der Waals surface area (Å²) in [7, 11) is -4.07. The largest absolute Gasteiger partial charge is 0.450 e. The Morgan fingerprint density at radius 2 is 1.71 bits per heavy atom. The molecule has 1 saturated heterocycles. The Bertz CT molecular complexity index is 965. The highest BCUT2D eigenvalue weighted by Crippen LogP contribution is 2.17. The molecule has 2 aromatic rings. The number of hydrogen-bond acceptors (Lipinski definition) is 7. The molecule has 1 aliphatic rings. The Labute approximate surface area is 160 Å². The van der Waals surface area contributed by atoms with Gasteiger partial charge in [-0.15, -0.1) is 0 Å². The monoisotopic (exact) mass is 411 g/mol. The molecule has 3 rings (SSSR count). The summed E-state index contributed by atoms with van der Waals surface area (Å²) in [6, 6.07) is 8.24. The van der Waals surface area contributed by atoms with Gasteiger partial charge in [0.1, 0.15) is 5.82 Å². The number of halogens is 1. The first-order chi connectivity index (χ1) is 13.2. The average Bonchev–Trinajstić information content (AvgIpc) is 3.17. The molecule has 9 nitrogen and oxygen atoms in total. The number of rotatable bonds is 5. The van der Waals surface area contributed by atoms with Crippen LogP contribution in [0.1, 0.15) is 10.6 Å². The number of primary sulfonamides is 1. The third-order valence-electron chi connectivity index (χ3n) is 4.21. The molecule has 1 aliphatic heterocycles. The van der Waals surface area contributed by atoms with Crippen LogP contribution < -0.4 is 10.0 Å². The molecule has 0 unspecified atom stereocenters. The fourth-order valence-corrected chi connectivity index (χ4v) is 3.20. The lowest BCUT2D eigenvalue weighted by Crippen LogP contribution is -2.49. The van der Waals surface area contributed by atoms with Gasteiger partial charge in [0.25, 0.3) is 15.9 Å². The highest BCUT2D eigenvalue weighted by molar-refractivity contribution is 7.89. The van der Waals surface area contributed by atoms with Crippen molar-refractivity contribution in [2.24, 2.45) is 5.14 Å². The Balaban J connectivity index is 1.48. The van der Waals surface area contributed by atoms with Crippen LogP contribution in [0.25, 0.3) is 0 Å². The van der Waals surface area contributed by atoms with Gasteiger partial charge < -0.3 is 19.0 Å². The van der Waals surface area contributed by atoms with Crippen LogP contribution in [0.3, 0.4) is 0 Å². The van der Waals surface area contributed by atoms with Gasteiger partial charge in [0, 0.05) is 31.9 Å². The number of ether oxygens (including phenoxy) is 1. The molecule has 0 radical (unpaired) electrons. The molecule has 1 fully saturated rings. The molecular formula is C17H18FN3O6S. The van der Waals surface area contributed by atoms with E-state index in [1.807, 2.05) is 4.90 Å². The minimum absolute atomic E-state index is 0.313. The van der Waals surface area contributed by atoms with Gasteiger partial charge in [-0.1, -0.05) is 0 Å². The molecular weight excluding hydrogens is 393 g/mol. The summed E-state index contributed by atoms with van der Waals surface area (Å²) in [6.07, 6.45) is 0. The number of anilines is 1. The minimum atomic E-state index is -4.07. The maximum absolute atomic E-state index is 13.0. The third-order valence-corrected chi connectivity index (χ3v) is 4.99. The molecule has 0 spiro atoms. The number of carbonyl (C=O) groups is 2. The second kappa shape index (κ2) is 7.98. The van der Waals surface area contributed by atoms with E-state index in [2.05, 4.69) is 0 Å². The van der Waals surface area contributed by atoms with Gasteiger partial charge in [-0.3, -0.25) is 4.79 Å². The van der Waals surface area contributed by atoms with E-state index in [0.29, 0.717) is 26.2 Å². The molecule has 2 heterocycles. The second-order valence-corrected chi connectivity index (χ2v) is 7.58. The predicted octanol–water partition coefficient (Wildman–Crippen LogP) is 0.572. The Morgan fingerprint density at radius 1 is 1.07 bits per heavy atom. The SMILES string of the molecule is NS(=O)(=O)c1ccc(C(=O)OCC(=O)N2CCN(c3ccc(F)cc3)CC2)o1. The zero-order valence-electron chi connectivity index (χ0n) is 14.7. The lowest BCUT2D eigenvalue weighted by atomic mass is 10.2. The molecule has 2 N–H and O–H groups in total. The lowest BCUT2D eigenvalue weighted by Gasteiger charge is -2.36. The van der Waals surface area contributed by atoms with Gasteiger partial charge in [0.05, 0.1) is 0 Å². The van der Waals surface area contributed by atoms with Gasteiger partial charge >= 0.3 is 5.97 Å². The van der Waals surface area contributed by atoms with Crippen molar-refractivity contribution < 1.29 is 31.6 Å². The van der Waals surface area contributed by atoms with E-state index in [1.54, 1.807) is 17.0 Å². The van der Waals surface area contributed by atoms with Crippen molar-refractivity contribution in [3.8, 4) is 0 Å². The third kappa shape index (κ3) is 4.67. The number of nitrogens with two attached hydrogens (primary N) is 1. The van der Waals surface area contributed by atoms with Crippen molar-refractivity contribution in [2.45, 2.75) is 5.09 Å². The van der Waals surface area contributed by atoms with Crippen molar-refractivity contribution in [1.82, 2.24) is 4.90 Å². The molecule has 1 aromatic carbocycles. The molecule has 0 bridgehead atoms. The predicted molar refractivity (Wildman–Crippen MR) is 95.6 cm³/mol. The quantitative estimate of drug-likeness (QED) is 0.714. The van der Waals surface area contributed by atoms with Crippen LogP contribution in [0.15, 0.2) is 45.9 Å². The minimum Gasteiger partial charge on any atom is -0.450 e. The van der Waals surface area contributed by atoms with E-state index in [1.165, 1.54) is 12.1 Å². The van der Waals surface area contributed by atoms with Gasteiger partial charge in [-0.05, 0) is 36.4 Å². The van der Waals surface area contributed by atoms with E-state index in [4.69, 9.17) is 14.3 Å². The number of esters is 1. The molecule has 28 heavy (non-hydrogen) atoms. The molecule has 1 amide bonds. The van der Waals surface area contributed by atoms with Crippen molar-refractivity contribution in [3.05, 3.63) is 48.0 Å². The van der Waals surface area contributed by atoms with Crippen LogP contribution in [-0.2, 0) is 19.6 Å². The summed E-state index contributed by atoms with van der Waals surface area (Å²) in [5.74, 6) is -2.02. The number of furan rings is 1. The zero-order chi connectivity index (χ0) is 20.3. The lowest BCUT2D eigenvalue weighted by molar-refractivity contribution is -0.134. The topological polar surface area (TPSA) is 123 Å². The Hall–Kier alpha value is -2.92. The van der Waals surface area contributed by atoms with Crippen LogP contribution in [0, 0.1) is 5.82 Å². The highest BCUT2D eigenvalue weighted by atomic mass is 32.2. The van der Waals surface area contributed by atoms with Gasteiger partial charge in [-0.2, -0.15) is 0 Å². The van der Waals surface area contributed by atoms with E-state index in [0.717, 1.165) is 17.8 Å². The van der Waals surface area contributed by atoms with Crippen molar-refractivity contribution in [2.75, 3.05) is 37.7 Å². The number of nitrogens with zero attached hydrogens (tertiary/aromatic N) is 2. The van der Waals surface area contributed by atoms with E-state index < -0.39 is 27.7 Å². The fraction of sp³-hybridized carbons (Fsp3) is 0.294. The van der Waals surface area contributed by atoms with Crippen molar-refractivity contribution >= 4 is 27.6 Å². The van der Waals surface area contributed by atoms with Crippen LogP contribution in [0.5, 0.6) is 0 Å². The molecule has 0 atom stereocenters. The number of piperazine rings is 1. The van der Waals surface area contributed by atoms with Crippen LogP contribution in [0.4, 0.5) is 10.1 Å². The fourth-order valence-electron chi connectivity index (χ4n) is 2.74. The average molecular weight is 411 g/mol. The first-order valence-electron chi connectivity index (χ1n) is 8.32. The number of carbonyl (C=O) groups excluding carboxylic acids is 2. The van der Waals surface area contributed by atoms with Crippen LogP contribution >= 0.6 is 0 Å². The van der Waals surface area contributed by atoms with Crippen LogP contribution in [-0.4, -0.2) is 58.0 Å². The maximum atomic E-state index is 13.0. The summed E-state index contributed by atoms with van der Waals surface area (Å²) in [6.45, 7) is 1.46. The van der Waals surface area contributed by atoms with Crippen molar-refractivity contribution in [3.63, 3.8) is 0 Å². The number of hydrogen-bond donors (Lipinski definition) is 1. The van der Waals surface area contributed by atoms with Crippen molar-refractivity contribution in [1.29, 1.82) is 0 Å². The first-order valence-corrected chi connectivity index (χ1v) is 9.87. The smallest absolute Gasteiger partial charge is 0.374 e. The summed E-state index contributed by atoms with van der Waals surface area (Å²) >= 11 is 0. The summed E-state index contributed by atoms with van der Waals surface area (Å²) in [5.41, 5.74) is 0.864. The standard InChI is InChI=1S/C17H18FN3O6S/c18-12-1-3-13(4-2-12)20-7-9-21(10-8-20)15(22)11-26-17(23)14-5-6-16(27-14)28(19,24)25/h1-6H,7-11H2,(H2,19,24,25). The zero-order valence-corrected chi connectivity index (χ0v) is 15.5. The van der Waals surface area contributed by atoms with Crippen LogP contribution in [0.2, 0.25) is 0 Å².